The molecule has 27 heavy (non-hydrogen) atoms. The lowest BCUT2D eigenvalue weighted by Gasteiger charge is -2.16. The van der Waals surface area contributed by atoms with Crippen LogP contribution in [0.25, 0.3) is 0 Å². The number of nitrogens with one attached hydrogen (secondary N) is 2. The normalized spacial score (nSPS) is 11.1. The van der Waals surface area contributed by atoms with Crippen LogP contribution in [0.5, 0.6) is 17.2 Å². The second-order valence-electron chi connectivity index (χ2n) is 5.70. The Hall–Kier alpha value is -2.96. The molecule has 0 saturated heterocycles. The molecule has 0 heterocycles. The molecule has 0 aliphatic carbocycles. The van der Waals surface area contributed by atoms with E-state index in [9.17, 15) is 4.39 Å². The van der Waals surface area contributed by atoms with Crippen LogP contribution in [0.2, 0.25) is 0 Å². The van der Waals surface area contributed by atoms with Crippen LogP contribution in [0.4, 0.5) is 4.39 Å². The van der Waals surface area contributed by atoms with Crippen LogP contribution in [-0.2, 0) is 13.1 Å². The first kappa shape index (κ1) is 20.4. The predicted octanol–water partition coefficient (Wildman–Crippen LogP) is 3.11. The van der Waals surface area contributed by atoms with Gasteiger partial charge in [-0.1, -0.05) is 12.1 Å². The molecular weight excluding hydrogens is 349 g/mol. The lowest BCUT2D eigenvalue weighted by atomic mass is 10.1. The van der Waals surface area contributed by atoms with E-state index in [2.05, 4.69) is 15.6 Å². The van der Waals surface area contributed by atoms with Crippen molar-refractivity contribution in [2.24, 2.45) is 4.99 Å². The van der Waals surface area contributed by atoms with Gasteiger partial charge in [-0.15, -0.1) is 0 Å². The van der Waals surface area contributed by atoms with Gasteiger partial charge in [0.15, 0.2) is 17.5 Å². The minimum Gasteiger partial charge on any atom is -0.496 e. The van der Waals surface area contributed by atoms with Crippen molar-refractivity contribution in [3.63, 3.8) is 0 Å². The fourth-order valence-electron chi connectivity index (χ4n) is 2.56. The van der Waals surface area contributed by atoms with Crippen LogP contribution >= 0.6 is 0 Å². The van der Waals surface area contributed by atoms with Crippen LogP contribution < -0.4 is 24.8 Å². The summed E-state index contributed by atoms with van der Waals surface area (Å²) in [5, 5.41) is 6.43. The molecular formula is C20H26FN3O3. The molecule has 0 fully saturated rings. The number of hydrogen-bond donors (Lipinski definition) is 2. The quantitative estimate of drug-likeness (QED) is 0.548. The molecule has 0 unspecified atom stereocenters. The van der Waals surface area contributed by atoms with Gasteiger partial charge >= 0.3 is 0 Å². The van der Waals surface area contributed by atoms with Crippen molar-refractivity contribution in [2.45, 2.75) is 20.0 Å². The molecule has 0 amide bonds. The Morgan fingerprint density at radius 1 is 0.963 bits per heavy atom. The van der Waals surface area contributed by atoms with Crippen molar-refractivity contribution < 1.29 is 18.6 Å². The summed E-state index contributed by atoms with van der Waals surface area (Å²) in [6.45, 7) is 3.53. The highest BCUT2D eigenvalue weighted by molar-refractivity contribution is 5.79. The minimum absolute atomic E-state index is 0.268. The van der Waals surface area contributed by atoms with Crippen LogP contribution in [0.15, 0.2) is 41.4 Å². The zero-order chi connectivity index (χ0) is 19.6. The first-order chi connectivity index (χ1) is 13.1. The molecule has 0 bridgehead atoms. The van der Waals surface area contributed by atoms with Crippen LogP contribution in [0.3, 0.4) is 0 Å². The van der Waals surface area contributed by atoms with Gasteiger partial charge in [0.1, 0.15) is 11.6 Å². The van der Waals surface area contributed by atoms with E-state index >= 15 is 0 Å². The Bertz CT molecular complexity index is 781. The van der Waals surface area contributed by atoms with E-state index in [0.29, 0.717) is 42.8 Å². The molecule has 146 valence electrons. The number of halogens is 1. The Balaban J connectivity index is 2.14. The van der Waals surface area contributed by atoms with Gasteiger partial charge in [0, 0.05) is 24.7 Å². The minimum atomic E-state index is -0.268. The van der Waals surface area contributed by atoms with Gasteiger partial charge in [0.05, 0.1) is 27.9 Å². The fraction of sp³-hybridized carbons (Fsp3) is 0.350. The third-order valence-corrected chi connectivity index (χ3v) is 3.89. The van der Waals surface area contributed by atoms with Crippen molar-refractivity contribution in [3.05, 3.63) is 53.3 Å². The van der Waals surface area contributed by atoms with Gasteiger partial charge < -0.3 is 24.8 Å². The van der Waals surface area contributed by atoms with E-state index < -0.39 is 0 Å². The number of ether oxygens (including phenoxy) is 3. The van der Waals surface area contributed by atoms with E-state index in [1.54, 1.807) is 33.5 Å². The number of nitrogens with zero attached hydrogens (tertiary/aromatic N) is 1. The molecule has 2 aromatic carbocycles. The summed E-state index contributed by atoms with van der Waals surface area (Å²) < 4.78 is 29.4. The van der Waals surface area contributed by atoms with E-state index in [1.165, 1.54) is 12.1 Å². The second-order valence-corrected chi connectivity index (χ2v) is 5.70. The van der Waals surface area contributed by atoms with Gasteiger partial charge in [0.25, 0.3) is 0 Å². The van der Waals surface area contributed by atoms with Gasteiger partial charge in [-0.05, 0) is 30.7 Å². The molecule has 0 aliphatic heterocycles. The highest BCUT2D eigenvalue weighted by atomic mass is 19.1. The second kappa shape index (κ2) is 10.3. The van der Waals surface area contributed by atoms with E-state index in [-0.39, 0.29) is 5.82 Å². The molecule has 0 saturated carbocycles. The van der Waals surface area contributed by atoms with Crippen molar-refractivity contribution in [2.75, 3.05) is 27.9 Å². The van der Waals surface area contributed by atoms with Crippen molar-refractivity contribution in [1.82, 2.24) is 10.6 Å². The Labute approximate surface area is 159 Å². The zero-order valence-corrected chi connectivity index (χ0v) is 16.1. The standard InChI is InChI=1S/C20H26FN3O3/c1-5-22-20(23-12-14-7-6-8-16(21)9-14)24-13-15-10-18(26-3)19(27-4)11-17(15)25-2/h6-11H,5,12-13H2,1-4H3,(H2,22,23,24). The molecule has 0 aromatic heterocycles. The average molecular weight is 375 g/mol. The van der Waals surface area contributed by atoms with Crippen LogP contribution in [0.1, 0.15) is 18.1 Å². The van der Waals surface area contributed by atoms with Gasteiger partial charge in [-0.3, -0.25) is 0 Å². The van der Waals surface area contributed by atoms with Gasteiger partial charge in [-0.2, -0.15) is 0 Å². The highest BCUT2D eigenvalue weighted by Crippen LogP contribution is 2.34. The van der Waals surface area contributed by atoms with Gasteiger partial charge in [-0.25, -0.2) is 9.38 Å². The van der Waals surface area contributed by atoms with Crippen LogP contribution in [0, 0.1) is 5.82 Å². The summed E-state index contributed by atoms with van der Waals surface area (Å²) in [5.41, 5.74) is 1.70. The maximum absolute atomic E-state index is 13.3. The number of guanidine groups is 1. The van der Waals surface area contributed by atoms with E-state index in [0.717, 1.165) is 11.1 Å². The maximum atomic E-state index is 13.3. The monoisotopic (exact) mass is 375 g/mol. The van der Waals surface area contributed by atoms with Crippen LogP contribution in [-0.4, -0.2) is 33.8 Å². The summed E-state index contributed by atoms with van der Waals surface area (Å²) in [6, 6.07) is 10.1. The van der Waals surface area contributed by atoms with Gasteiger partial charge in [0.2, 0.25) is 0 Å². The largest absolute Gasteiger partial charge is 0.496 e. The lowest BCUT2D eigenvalue weighted by Crippen LogP contribution is -2.36. The smallest absolute Gasteiger partial charge is 0.191 e. The molecule has 2 aromatic rings. The Morgan fingerprint density at radius 3 is 2.30 bits per heavy atom. The number of rotatable bonds is 8. The van der Waals surface area contributed by atoms with Crippen molar-refractivity contribution in [3.8, 4) is 17.2 Å². The predicted molar refractivity (Wildman–Crippen MR) is 104 cm³/mol. The third-order valence-electron chi connectivity index (χ3n) is 3.89. The van der Waals surface area contributed by atoms with Crippen molar-refractivity contribution >= 4 is 5.96 Å². The van der Waals surface area contributed by atoms with E-state index in [4.69, 9.17) is 14.2 Å². The summed E-state index contributed by atoms with van der Waals surface area (Å²) in [6.07, 6.45) is 0. The molecule has 0 spiro atoms. The molecule has 2 rings (SSSR count). The highest BCUT2D eigenvalue weighted by Gasteiger charge is 2.12. The summed E-state index contributed by atoms with van der Waals surface area (Å²) in [5.74, 6) is 2.26. The molecule has 0 aliphatic rings. The summed E-state index contributed by atoms with van der Waals surface area (Å²) >= 11 is 0. The molecule has 0 radical (unpaired) electrons. The first-order valence-corrected chi connectivity index (χ1v) is 8.66. The topological polar surface area (TPSA) is 64.1 Å². The molecule has 0 atom stereocenters. The summed E-state index contributed by atoms with van der Waals surface area (Å²) in [4.78, 5) is 4.50. The fourth-order valence-corrected chi connectivity index (χ4v) is 2.56. The Kier molecular flexibility index (Phi) is 7.73. The number of methoxy groups -OCH3 is 3. The van der Waals surface area contributed by atoms with Crippen molar-refractivity contribution in [1.29, 1.82) is 0 Å². The molecule has 7 heteroatoms. The average Bonchev–Trinajstić information content (AvgIpc) is 2.69. The summed E-state index contributed by atoms with van der Waals surface area (Å²) in [7, 11) is 4.78. The van der Waals surface area contributed by atoms with E-state index in [1.807, 2.05) is 19.1 Å². The number of benzene rings is 2. The SMILES string of the molecule is CCNC(=NCc1cccc(F)c1)NCc1cc(OC)c(OC)cc1OC. The number of hydrogen-bond acceptors (Lipinski definition) is 4. The Morgan fingerprint density at radius 2 is 1.67 bits per heavy atom. The lowest BCUT2D eigenvalue weighted by molar-refractivity contribution is 0.347. The zero-order valence-electron chi connectivity index (χ0n) is 16.1. The molecule has 2 N–H and O–H groups in total. The third kappa shape index (κ3) is 5.77. The maximum Gasteiger partial charge on any atom is 0.191 e. The first-order valence-electron chi connectivity index (χ1n) is 8.66. The molecule has 6 nitrogen and oxygen atoms in total. The number of aliphatic imine (C=N–C) groups is 1.